The van der Waals surface area contributed by atoms with E-state index in [2.05, 4.69) is 18.7 Å². The molecule has 1 unspecified atom stereocenters. The van der Waals surface area contributed by atoms with Crippen LogP contribution in [0, 0.1) is 0 Å². The first-order valence-electron chi connectivity index (χ1n) is 4.16. The van der Waals surface area contributed by atoms with Crippen molar-refractivity contribution in [2.24, 2.45) is 0 Å². The largest absolute Gasteiger partial charge is 0.379 e. The monoisotopic (exact) mass is 179 g/mol. The highest BCUT2D eigenvalue weighted by atomic mass is 35.5. The van der Waals surface area contributed by atoms with Crippen LogP contribution in [0.2, 0.25) is 0 Å². The van der Waals surface area contributed by atoms with E-state index in [4.69, 9.17) is 4.74 Å². The molecule has 0 spiro atoms. The molecule has 0 bridgehead atoms. The van der Waals surface area contributed by atoms with Gasteiger partial charge in [0.2, 0.25) is 0 Å². The maximum atomic E-state index is 5.25. The number of nitrogens with zero attached hydrogens (tertiary/aromatic N) is 1. The predicted molar refractivity (Wildman–Crippen MR) is 49.4 cm³/mol. The molecule has 1 fully saturated rings. The van der Waals surface area contributed by atoms with E-state index in [0.29, 0.717) is 0 Å². The fraction of sp³-hybridized carbons (Fsp3) is 1.00. The Morgan fingerprint density at radius 1 is 1.36 bits per heavy atom. The molecule has 11 heavy (non-hydrogen) atoms. The Morgan fingerprint density at radius 2 is 1.91 bits per heavy atom. The smallest absolute Gasteiger partial charge is 0.0594 e. The number of halogens is 1. The summed E-state index contributed by atoms with van der Waals surface area (Å²) in [6.45, 7) is 8.60. The predicted octanol–water partition coefficient (Wildman–Crippen LogP) is 1.54. The minimum absolute atomic E-state index is 0. The van der Waals surface area contributed by atoms with Crippen molar-refractivity contribution in [2.45, 2.75) is 26.3 Å². The van der Waals surface area contributed by atoms with Gasteiger partial charge in [-0.2, -0.15) is 0 Å². The van der Waals surface area contributed by atoms with Crippen LogP contribution in [0.3, 0.4) is 0 Å². The molecule has 0 aromatic rings. The van der Waals surface area contributed by atoms with Crippen LogP contribution in [-0.2, 0) is 4.74 Å². The summed E-state index contributed by atoms with van der Waals surface area (Å²) >= 11 is 0. The molecule has 0 saturated carbocycles. The quantitative estimate of drug-likeness (QED) is 0.638. The Balaban J connectivity index is 0.000001000. The van der Waals surface area contributed by atoms with Gasteiger partial charge in [-0.05, 0) is 13.3 Å². The third-order valence-corrected chi connectivity index (χ3v) is 2.26. The number of ether oxygens (including phenoxy) is 1. The van der Waals surface area contributed by atoms with Crippen LogP contribution in [0.15, 0.2) is 0 Å². The fourth-order valence-corrected chi connectivity index (χ4v) is 1.28. The molecule has 1 atom stereocenters. The highest BCUT2D eigenvalue weighted by Gasteiger charge is 2.14. The van der Waals surface area contributed by atoms with Crippen molar-refractivity contribution < 1.29 is 4.74 Å². The molecule has 68 valence electrons. The van der Waals surface area contributed by atoms with Crippen molar-refractivity contribution >= 4 is 12.4 Å². The standard InChI is InChI=1S/C8H17NO.ClH/c1-3-8(2)9-4-6-10-7-5-9;/h8H,3-7H2,1-2H3;1H. The minimum atomic E-state index is 0. The van der Waals surface area contributed by atoms with Crippen LogP contribution in [0.25, 0.3) is 0 Å². The molecule has 3 heteroatoms. The maximum Gasteiger partial charge on any atom is 0.0594 e. The van der Waals surface area contributed by atoms with E-state index in [1.165, 1.54) is 6.42 Å². The lowest BCUT2D eigenvalue weighted by molar-refractivity contribution is 0.0196. The van der Waals surface area contributed by atoms with Gasteiger partial charge in [-0.25, -0.2) is 0 Å². The van der Waals surface area contributed by atoms with Gasteiger partial charge in [-0.1, -0.05) is 6.92 Å². The molecule has 0 amide bonds. The van der Waals surface area contributed by atoms with Crippen LogP contribution in [0.1, 0.15) is 20.3 Å². The van der Waals surface area contributed by atoms with E-state index in [9.17, 15) is 0 Å². The van der Waals surface area contributed by atoms with Crippen LogP contribution in [-0.4, -0.2) is 37.2 Å². The van der Waals surface area contributed by atoms with Crippen molar-refractivity contribution in [3.63, 3.8) is 0 Å². The lowest BCUT2D eigenvalue weighted by atomic mass is 10.2. The summed E-state index contributed by atoms with van der Waals surface area (Å²) in [6, 6.07) is 0.740. The Kier molecular flexibility index (Phi) is 5.92. The van der Waals surface area contributed by atoms with Crippen LogP contribution < -0.4 is 0 Å². The fourth-order valence-electron chi connectivity index (χ4n) is 1.28. The summed E-state index contributed by atoms with van der Waals surface area (Å²) in [7, 11) is 0. The molecular formula is C8H18ClNO. The topological polar surface area (TPSA) is 12.5 Å². The summed E-state index contributed by atoms with van der Waals surface area (Å²) < 4.78 is 5.25. The van der Waals surface area contributed by atoms with E-state index >= 15 is 0 Å². The first-order valence-corrected chi connectivity index (χ1v) is 4.16. The average molecular weight is 180 g/mol. The number of rotatable bonds is 2. The second-order valence-electron chi connectivity index (χ2n) is 2.91. The zero-order chi connectivity index (χ0) is 7.40. The van der Waals surface area contributed by atoms with Gasteiger partial charge < -0.3 is 4.74 Å². The minimum Gasteiger partial charge on any atom is -0.379 e. The average Bonchev–Trinajstić information content (AvgIpc) is 2.05. The Hall–Kier alpha value is 0.210. The molecule has 0 aliphatic carbocycles. The molecule has 0 aromatic heterocycles. The summed E-state index contributed by atoms with van der Waals surface area (Å²) in [5.74, 6) is 0. The highest BCUT2D eigenvalue weighted by Crippen LogP contribution is 2.05. The van der Waals surface area contributed by atoms with Gasteiger partial charge in [0, 0.05) is 19.1 Å². The van der Waals surface area contributed by atoms with E-state index < -0.39 is 0 Å². The molecule has 1 saturated heterocycles. The van der Waals surface area contributed by atoms with Gasteiger partial charge in [0.05, 0.1) is 13.2 Å². The molecule has 1 aliphatic heterocycles. The van der Waals surface area contributed by atoms with Crippen LogP contribution >= 0.6 is 12.4 Å². The number of hydrogen-bond acceptors (Lipinski definition) is 2. The van der Waals surface area contributed by atoms with Crippen molar-refractivity contribution in [3.05, 3.63) is 0 Å². The molecule has 1 heterocycles. The van der Waals surface area contributed by atoms with E-state index in [0.717, 1.165) is 32.3 Å². The van der Waals surface area contributed by atoms with E-state index in [-0.39, 0.29) is 12.4 Å². The number of morpholine rings is 1. The number of hydrogen-bond donors (Lipinski definition) is 0. The van der Waals surface area contributed by atoms with Gasteiger partial charge in [0.1, 0.15) is 0 Å². The van der Waals surface area contributed by atoms with Crippen molar-refractivity contribution in [1.29, 1.82) is 0 Å². The van der Waals surface area contributed by atoms with Gasteiger partial charge in [-0.3, -0.25) is 4.90 Å². The van der Waals surface area contributed by atoms with Crippen molar-refractivity contribution in [2.75, 3.05) is 26.3 Å². The van der Waals surface area contributed by atoms with Gasteiger partial charge in [0.25, 0.3) is 0 Å². The normalized spacial score (nSPS) is 22.4. The Morgan fingerprint density at radius 3 is 2.36 bits per heavy atom. The molecule has 0 N–H and O–H groups in total. The summed E-state index contributed by atoms with van der Waals surface area (Å²) in [6.07, 6.45) is 1.25. The Labute approximate surface area is 75.3 Å². The van der Waals surface area contributed by atoms with Gasteiger partial charge in [-0.15, -0.1) is 12.4 Å². The van der Waals surface area contributed by atoms with Crippen molar-refractivity contribution in [1.82, 2.24) is 4.90 Å². The highest BCUT2D eigenvalue weighted by molar-refractivity contribution is 5.85. The van der Waals surface area contributed by atoms with Gasteiger partial charge in [0.15, 0.2) is 0 Å². The van der Waals surface area contributed by atoms with E-state index in [1.807, 2.05) is 0 Å². The SMILES string of the molecule is CCC(C)N1CCOCC1.Cl. The summed E-state index contributed by atoms with van der Waals surface area (Å²) in [4.78, 5) is 2.49. The molecule has 2 nitrogen and oxygen atoms in total. The molecule has 0 aromatic carbocycles. The third kappa shape index (κ3) is 3.41. The Bertz CT molecular complexity index is 94.1. The summed E-state index contributed by atoms with van der Waals surface area (Å²) in [5.41, 5.74) is 0. The summed E-state index contributed by atoms with van der Waals surface area (Å²) in [5, 5.41) is 0. The van der Waals surface area contributed by atoms with Gasteiger partial charge >= 0.3 is 0 Å². The molecular weight excluding hydrogens is 162 g/mol. The maximum absolute atomic E-state index is 5.25. The van der Waals surface area contributed by atoms with Crippen molar-refractivity contribution in [3.8, 4) is 0 Å². The second-order valence-corrected chi connectivity index (χ2v) is 2.91. The third-order valence-electron chi connectivity index (χ3n) is 2.26. The molecule has 1 aliphatic rings. The van der Waals surface area contributed by atoms with E-state index in [1.54, 1.807) is 0 Å². The van der Waals surface area contributed by atoms with Crippen LogP contribution in [0.5, 0.6) is 0 Å². The molecule has 1 rings (SSSR count). The first-order chi connectivity index (χ1) is 4.84. The second kappa shape index (κ2) is 5.81. The lowest BCUT2D eigenvalue weighted by Gasteiger charge is -2.31. The first kappa shape index (κ1) is 11.2. The molecule has 0 radical (unpaired) electrons. The zero-order valence-electron chi connectivity index (χ0n) is 7.38. The zero-order valence-corrected chi connectivity index (χ0v) is 8.19. The lowest BCUT2D eigenvalue weighted by Crippen LogP contribution is -2.41. The van der Waals surface area contributed by atoms with Crippen LogP contribution in [0.4, 0.5) is 0 Å².